The Hall–Kier alpha value is -4.43. The van der Waals surface area contributed by atoms with E-state index in [9.17, 15) is 14.7 Å². The van der Waals surface area contributed by atoms with Gasteiger partial charge in [-0.1, -0.05) is 41.9 Å². The molecule has 0 saturated heterocycles. The molecular weight excluding hydrogens is 558 g/mol. The Bertz CT molecular complexity index is 1550. The maximum absolute atomic E-state index is 13.9. The van der Waals surface area contributed by atoms with Crippen molar-refractivity contribution in [3.8, 4) is 23.0 Å². The first kappa shape index (κ1) is 29.1. The van der Waals surface area contributed by atoms with Gasteiger partial charge in [0.2, 0.25) is 0 Å². The second-order valence-corrected chi connectivity index (χ2v) is 10.5. The van der Waals surface area contributed by atoms with Crippen LogP contribution < -0.4 is 19.5 Å². The number of carbonyl (C=O) groups excluding carboxylic acids is 2. The van der Waals surface area contributed by atoms with Crippen LogP contribution in [0.15, 0.2) is 89.3 Å². The van der Waals surface area contributed by atoms with E-state index < -0.39 is 11.9 Å². The fourth-order valence-corrected chi connectivity index (χ4v) is 5.78. The Kier molecular flexibility index (Phi) is 8.73. The minimum Gasteiger partial charge on any atom is -0.503 e. The van der Waals surface area contributed by atoms with Crippen molar-refractivity contribution in [2.24, 2.45) is 0 Å². The highest BCUT2D eigenvalue weighted by molar-refractivity contribution is 6.32. The van der Waals surface area contributed by atoms with Gasteiger partial charge in [-0.25, -0.2) is 4.79 Å². The number of ether oxygens (including phenoxy) is 4. The van der Waals surface area contributed by atoms with Gasteiger partial charge in [0, 0.05) is 29.3 Å². The smallest absolute Gasteiger partial charge is 0.336 e. The first-order valence-corrected chi connectivity index (χ1v) is 14.0. The number of benzene rings is 3. The van der Waals surface area contributed by atoms with Gasteiger partial charge in [-0.05, 0) is 66.8 Å². The van der Waals surface area contributed by atoms with Crippen molar-refractivity contribution in [3.05, 3.63) is 105 Å². The molecule has 9 heteroatoms. The van der Waals surface area contributed by atoms with Crippen LogP contribution in [0.1, 0.15) is 42.7 Å². The SMILES string of the molecule is COc1ccc([C@@H]2CC(=O)C3=C(C2)NC(C)=C(C(=O)OCCOc2ccccc2)[C@@H]3c2cc(Cl)c(O)c(OC)c2)cc1. The summed E-state index contributed by atoms with van der Waals surface area (Å²) in [6.45, 7) is 1.96. The molecule has 3 aromatic carbocycles. The lowest BCUT2D eigenvalue weighted by Crippen LogP contribution is -2.36. The van der Waals surface area contributed by atoms with Gasteiger partial charge >= 0.3 is 5.97 Å². The number of hydrogen-bond acceptors (Lipinski definition) is 8. The molecule has 2 N–H and O–H groups in total. The Morgan fingerprint density at radius 3 is 2.38 bits per heavy atom. The molecule has 218 valence electrons. The van der Waals surface area contributed by atoms with Crippen molar-refractivity contribution in [2.45, 2.75) is 31.6 Å². The van der Waals surface area contributed by atoms with Gasteiger partial charge in [0.05, 0.1) is 24.8 Å². The molecule has 1 aliphatic heterocycles. The number of phenols is 1. The third-order valence-corrected chi connectivity index (χ3v) is 7.86. The zero-order chi connectivity index (χ0) is 29.8. The van der Waals surface area contributed by atoms with Crippen LogP contribution in [0.3, 0.4) is 0 Å². The van der Waals surface area contributed by atoms with Gasteiger partial charge in [-0.2, -0.15) is 0 Å². The minimum atomic E-state index is -0.778. The van der Waals surface area contributed by atoms with Crippen LogP contribution in [0.4, 0.5) is 0 Å². The summed E-state index contributed by atoms with van der Waals surface area (Å²) in [7, 11) is 3.03. The van der Waals surface area contributed by atoms with Gasteiger partial charge in [0.15, 0.2) is 17.3 Å². The van der Waals surface area contributed by atoms with E-state index in [1.54, 1.807) is 26.2 Å². The summed E-state index contributed by atoms with van der Waals surface area (Å²) in [4.78, 5) is 27.5. The Morgan fingerprint density at radius 2 is 1.69 bits per heavy atom. The van der Waals surface area contributed by atoms with Gasteiger partial charge < -0.3 is 29.4 Å². The molecule has 1 heterocycles. The summed E-state index contributed by atoms with van der Waals surface area (Å²) < 4.78 is 21.9. The Labute approximate surface area is 249 Å². The molecule has 0 bridgehead atoms. The van der Waals surface area contributed by atoms with Crippen LogP contribution in [-0.4, -0.2) is 44.3 Å². The molecule has 1 aliphatic carbocycles. The number of ketones is 1. The van der Waals surface area contributed by atoms with E-state index in [4.69, 9.17) is 30.5 Å². The molecule has 3 aromatic rings. The molecule has 0 unspecified atom stereocenters. The monoisotopic (exact) mass is 589 g/mol. The van der Waals surface area contributed by atoms with Crippen LogP contribution in [0.5, 0.6) is 23.0 Å². The highest BCUT2D eigenvalue weighted by Crippen LogP contribution is 2.48. The maximum atomic E-state index is 13.9. The number of para-hydroxylation sites is 1. The van der Waals surface area contributed by atoms with E-state index in [-0.39, 0.29) is 53.4 Å². The largest absolute Gasteiger partial charge is 0.503 e. The lowest BCUT2D eigenvalue weighted by Gasteiger charge is -2.37. The number of methoxy groups -OCH3 is 2. The number of dihydropyridines is 1. The molecular formula is C33H32ClNO7. The van der Waals surface area contributed by atoms with Crippen molar-refractivity contribution in [3.63, 3.8) is 0 Å². The number of allylic oxidation sites excluding steroid dienone is 3. The molecule has 2 atom stereocenters. The average molecular weight is 590 g/mol. The van der Waals surface area contributed by atoms with Crippen LogP contribution >= 0.6 is 11.6 Å². The van der Waals surface area contributed by atoms with E-state index in [2.05, 4.69) is 5.32 Å². The maximum Gasteiger partial charge on any atom is 0.336 e. The van der Waals surface area contributed by atoms with Gasteiger partial charge in [0.1, 0.15) is 24.7 Å². The zero-order valence-electron chi connectivity index (χ0n) is 23.6. The minimum absolute atomic E-state index is 0.0102. The second-order valence-electron chi connectivity index (χ2n) is 10.1. The number of esters is 1. The van der Waals surface area contributed by atoms with Crippen LogP contribution in [0, 0.1) is 0 Å². The number of Topliss-reactive ketones (excluding diaryl/α,β-unsaturated/α-hetero) is 1. The van der Waals surface area contributed by atoms with E-state index in [1.165, 1.54) is 7.11 Å². The predicted molar refractivity (Wildman–Crippen MR) is 158 cm³/mol. The van der Waals surface area contributed by atoms with E-state index >= 15 is 0 Å². The Morgan fingerprint density at radius 1 is 0.952 bits per heavy atom. The van der Waals surface area contributed by atoms with E-state index in [0.717, 1.165) is 17.0 Å². The Balaban J connectivity index is 1.47. The fourth-order valence-electron chi connectivity index (χ4n) is 5.56. The predicted octanol–water partition coefficient (Wildman–Crippen LogP) is 6.05. The lowest BCUT2D eigenvalue weighted by atomic mass is 9.71. The quantitative estimate of drug-likeness (QED) is 0.230. The summed E-state index contributed by atoms with van der Waals surface area (Å²) in [5.74, 6) is -0.177. The molecule has 5 rings (SSSR count). The lowest BCUT2D eigenvalue weighted by molar-refractivity contribution is -0.140. The van der Waals surface area contributed by atoms with E-state index in [0.29, 0.717) is 29.0 Å². The highest BCUT2D eigenvalue weighted by atomic mass is 35.5. The number of aromatic hydroxyl groups is 1. The fraction of sp³-hybridized carbons (Fsp3) is 0.273. The molecule has 0 fully saturated rings. The van der Waals surface area contributed by atoms with Crippen LogP contribution in [-0.2, 0) is 14.3 Å². The third-order valence-electron chi connectivity index (χ3n) is 7.57. The van der Waals surface area contributed by atoms with Crippen molar-refractivity contribution in [1.29, 1.82) is 0 Å². The third kappa shape index (κ3) is 5.94. The van der Waals surface area contributed by atoms with Gasteiger partial charge in [-0.15, -0.1) is 0 Å². The molecule has 0 saturated carbocycles. The molecule has 0 spiro atoms. The summed E-state index contributed by atoms with van der Waals surface area (Å²) in [6, 6.07) is 20.1. The molecule has 2 aliphatic rings. The topological polar surface area (TPSA) is 103 Å². The summed E-state index contributed by atoms with van der Waals surface area (Å²) in [5.41, 5.74) is 3.62. The van der Waals surface area contributed by atoms with Crippen molar-refractivity contribution >= 4 is 23.4 Å². The number of carbonyl (C=O) groups is 2. The second kappa shape index (κ2) is 12.6. The molecule has 8 nitrogen and oxygen atoms in total. The number of phenolic OH excluding ortho intramolecular Hbond substituents is 1. The van der Waals surface area contributed by atoms with Gasteiger partial charge in [0.25, 0.3) is 0 Å². The summed E-state index contributed by atoms with van der Waals surface area (Å²) in [6.07, 6.45) is 0.829. The van der Waals surface area contributed by atoms with Crippen molar-refractivity contribution < 1.29 is 33.6 Å². The number of nitrogens with one attached hydrogen (secondary N) is 1. The standard InChI is InChI=1S/C33H32ClNO7/c1-19-29(33(38)42-14-13-41-24-7-5-4-6-8-24)30(22-15-25(34)32(37)28(18-22)40-3)31-26(35-19)16-21(17-27(31)36)20-9-11-23(39-2)12-10-20/h4-12,15,18,21,30,35,37H,13-14,16-17H2,1-3H3/t21-,30-/m0/s1. The normalized spacial score (nSPS) is 18.2. The van der Waals surface area contributed by atoms with Crippen molar-refractivity contribution in [1.82, 2.24) is 5.32 Å². The number of halogens is 1. The van der Waals surface area contributed by atoms with Gasteiger partial charge in [-0.3, -0.25) is 4.79 Å². The molecule has 0 amide bonds. The van der Waals surface area contributed by atoms with Crippen LogP contribution in [0.2, 0.25) is 5.02 Å². The summed E-state index contributed by atoms with van der Waals surface area (Å²) in [5, 5.41) is 13.8. The number of hydrogen-bond donors (Lipinski definition) is 2. The average Bonchev–Trinajstić information content (AvgIpc) is 3.00. The van der Waals surface area contributed by atoms with E-state index in [1.807, 2.05) is 54.6 Å². The molecule has 42 heavy (non-hydrogen) atoms. The molecule has 0 aromatic heterocycles. The van der Waals surface area contributed by atoms with Crippen LogP contribution in [0.25, 0.3) is 0 Å². The highest BCUT2D eigenvalue weighted by Gasteiger charge is 2.42. The molecule has 0 radical (unpaired) electrons. The first-order valence-electron chi connectivity index (χ1n) is 13.6. The zero-order valence-corrected chi connectivity index (χ0v) is 24.4. The first-order chi connectivity index (χ1) is 20.3. The number of rotatable bonds is 9. The van der Waals surface area contributed by atoms with Crippen molar-refractivity contribution in [2.75, 3.05) is 27.4 Å². The summed E-state index contributed by atoms with van der Waals surface area (Å²) >= 11 is 6.38.